The van der Waals surface area contributed by atoms with Crippen LogP contribution in [0.4, 0.5) is 5.69 Å². The highest BCUT2D eigenvalue weighted by Crippen LogP contribution is 2.27. The zero-order valence-electron chi connectivity index (χ0n) is 11.1. The third-order valence-electron chi connectivity index (χ3n) is 3.50. The Hall–Kier alpha value is -1.28. The summed E-state index contributed by atoms with van der Waals surface area (Å²) in [5.74, 6) is 0.413. The number of anilines is 1. The van der Waals surface area contributed by atoms with E-state index in [1.165, 1.54) is 0 Å². The molecule has 1 aromatic rings. The summed E-state index contributed by atoms with van der Waals surface area (Å²) >= 11 is 5.80. The average Bonchev–Trinajstić information content (AvgIpc) is 2.89. The van der Waals surface area contributed by atoms with Gasteiger partial charge in [-0.15, -0.1) is 11.6 Å². The largest absolute Gasteiger partial charge is 0.377 e. The van der Waals surface area contributed by atoms with Gasteiger partial charge in [-0.25, -0.2) is 0 Å². The van der Waals surface area contributed by atoms with E-state index in [2.05, 4.69) is 11.0 Å². The highest BCUT2D eigenvalue weighted by Gasteiger charge is 2.33. The molecule has 1 heterocycles. The second kappa shape index (κ2) is 6.25. The first-order valence-electron chi connectivity index (χ1n) is 6.13. The van der Waals surface area contributed by atoms with E-state index in [1.54, 1.807) is 14.2 Å². The van der Waals surface area contributed by atoms with Crippen LogP contribution in [0, 0.1) is 11.3 Å². The number of nitriles is 1. The summed E-state index contributed by atoms with van der Waals surface area (Å²) < 4.78 is 10.8. The van der Waals surface area contributed by atoms with E-state index in [0.717, 1.165) is 24.3 Å². The van der Waals surface area contributed by atoms with Gasteiger partial charge in [0.1, 0.15) is 18.3 Å². The van der Waals surface area contributed by atoms with E-state index >= 15 is 0 Å². The number of ether oxygens (including phenoxy) is 2. The van der Waals surface area contributed by atoms with Crippen molar-refractivity contribution in [1.29, 1.82) is 5.26 Å². The normalized spacial score (nSPS) is 22.5. The Bertz CT molecular complexity index is 475. The molecule has 2 atom stereocenters. The Kier molecular flexibility index (Phi) is 4.65. The van der Waals surface area contributed by atoms with Gasteiger partial charge in [0.15, 0.2) is 0 Å². The summed E-state index contributed by atoms with van der Waals surface area (Å²) in [4.78, 5) is 2.12. The fourth-order valence-electron chi connectivity index (χ4n) is 2.43. The minimum atomic E-state index is 0.0317. The number of methoxy groups -OCH3 is 2. The van der Waals surface area contributed by atoms with Crippen LogP contribution in [-0.4, -0.2) is 39.5 Å². The molecule has 0 spiro atoms. The Balaban J connectivity index is 2.26. The zero-order chi connectivity index (χ0) is 13.8. The van der Waals surface area contributed by atoms with Crippen molar-refractivity contribution in [2.45, 2.75) is 18.1 Å². The standard InChI is InChI=1S/C14H17ClN2O2/c1-18-13-8-17(9-14(13)19-2)12-4-3-10(6-15)5-11(12)7-16/h3-5,13-14H,6,8-9H2,1-2H3. The first kappa shape index (κ1) is 14.1. The van der Waals surface area contributed by atoms with E-state index in [1.807, 2.05) is 18.2 Å². The lowest BCUT2D eigenvalue weighted by Crippen LogP contribution is -2.27. The molecular weight excluding hydrogens is 264 g/mol. The minimum absolute atomic E-state index is 0.0317. The number of alkyl halides is 1. The molecule has 0 amide bonds. The van der Waals surface area contributed by atoms with E-state index in [-0.39, 0.29) is 12.2 Å². The zero-order valence-corrected chi connectivity index (χ0v) is 11.9. The smallest absolute Gasteiger partial charge is 0.102 e. The molecule has 1 saturated heterocycles. The van der Waals surface area contributed by atoms with Crippen molar-refractivity contribution in [2.24, 2.45) is 0 Å². The lowest BCUT2D eigenvalue weighted by Gasteiger charge is -2.19. The van der Waals surface area contributed by atoms with Crippen LogP contribution in [0.5, 0.6) is 0 Å². The van der Waals surface area contributed by atoms with Gasteiger partial charge in [-0.3, -0.25) is 0 Å². The molecular formula is C14H17ClN2O2. The van der Waals surface area contributed by atoms with Crippen molar-refractivity contribution >= 4 is 17.3 Å². The highest BCUT2D eigenvalue weighted by atomic mass is 35.5. The first-order valence-corrected chi connectivity index (χ1v) is 6.66. The van der Waals surface area contributed by atoms with Gasteiger partial charge in [0, 0.05) is 33.2 Å². The topological polar surface area (TPSA) is 45.5 Å². The molecule has 1 aromatic carbocycles. The predicted octanol–water partition coefficient (Wildman–Crippen LogP) is 2.15. The van der Waals surface area contributed by atoms with Gasteiger partial charge < -0.3 is 14.4 Å². The van der Waals surface area contributed by atoms with Crippen molar-refractivity contribution in [3.63, 3.8) is 0 Å². The van der Waals surface area contributed by atoms with E-state index in [4.69, 9.17) is 21.1 Å². The fourth-order valence-corrected chi connectivity index (χ4v) is 2.59. The highest BCUT2D eigenvalue weighted by molar-refractivity contribution is 6.17. The quantitative estimate of drug-likeness (QED) is 0.793. The van der Waals surface area contributed by atoms with Crippen LogP contribution in [-0.2, 0) is 15.4 Å². The summed E-state index contributed by atoms with van der Waals surface area (Å²) in [7, 11) is 3.37. The van der Waals surface area contributed by atoms with E-state index in [9.17, 15) is 5.26 Å². The number of hydrogen-bond donors (Lipinski definition) is 0. The maximum atomic E-state index is 9.26. The van der Waals surface area contributed by atoms with Crippen molar-refractivity contribution < 1.29 is 9.47 Å². The Morgan fingerprint density at radius 2 is 1.95 bits per heavy atom. The van der Waals surface area contributed by atoms with Gasteiger partial charge in [0.25, 0.3) is 0 Å². The molecule has 0 bridgehead atoms. The van der Waals surface area contributed by atoms with Crippen molar-refractivity contribution in [3.8, 4) is 6.07 Å². The molecule has 5 heteroatoms. The lowest BCUT2D eigenvalue weighted by atomic mass is 10.1. The van der Waals surface area contributed by atoms with Crippen molar-refractivity contribution in [2.75, 3.05) is 32.2 Å². The number of benzene rings is 1. The third kappa shape index (κ3) is 2.84. The fraction of sp³-hybridized carbons (Fsp3) is 0.500. The van der Waals surface area contributed by atoms with Crippen LogP contribution in [0.15, 0.2) is 18.2 Å². The molecule has 2 unspecified atom stereocenters. The van der Waals surface area contributed by atoms with Gasteiger partial charge in [0.2, 0.25) is 0 Å². The predicted molar refractivity (Wildman–Crippen MR) is 74.5 cm³/mol. The number of hydrogen-bond acceptors (Lipinski definition) is 4. The van der Waals surface area contributed by atoms with Crippen LogP contribution >= 0.6 is 11.6 Å². The maximum Gasteiger partial charge on any atom is 0.102 e. The molecule has 4 nitrogen and oxygen atoms in total. The summed E-state index contributed by atoms with van der Waals surface area (Å²) in [5, 5.41) is 9.26. The Morgan fingerprint density at radius 1 is 1.32 bits per heavy atom. The minimum Gasteiger partial charge on any atom is -0.377 e. The van der Waals surface area contributed by atoms with E-state index < -0.39 is 0 Å². The van der Waals surface area contributed by atoms with Crippen LogP contribution < -0.4 is 4.90 Å². The van der Waals surface area contributed by atoms with Gasteiger partial charge >= 0.3 is 0 Å². The summed E-state index contributed by atoms with van der Waals surface area (Å²) in [6, 6.07) is 7.96. The maximum absolute atomic E-state index is 9.26. The van der Waals surface area contributed by atoms with Crippen LogP contribution in [0.2, 0.25) is 0 Å². The second-order valence-electron chi connectivity index (χ2n) is 4.55. The average molecular weight is 281 g/mol. The summed E-state index contributed by atoms with van der Waals surface area (Å²) in [6.07, 6.45) is 0.0634. The van der Waals surface area contributed by atoms with Crippen molar-refractivity contribution in [3.05, 3.63) is 29.3 Å². The molecule has 19 heavy (non-hydrogen) atoms. The lowest BCUT2D eigenvalue weighted by molar-refractivity contribution is -0.00461. The monoisotopic (exact) mass is 280 g/mol. The molecule has 0 N–H and O–H groups in total. The van der Waals surface area contributed by atoms with Gasteiger partial charge in [-0.2, -0.15) is 5.26 Å². The summed E-state index contributed by atoms with van der Waals surface area (Å²) in [6.45, 7) is 1.45. The molecule has 0 aromatic heterocycles. The van der Waals surface area contributed by atoms with Gasteiger partial charge in [0.05, 0.1) is 11.3 Å². The van der Waals surface area contributed by atoms with Crippen LogP contribution in [0.1, 0.15) is 11.1 Å². The second-order valence-corrected chi connectivity index (χ2v) is 4.82. The first-order chi connectivity index (χ1) is 9.23. The SMILES string of the molecule is COC1CN(c2ccc(CCl)cc2C#N)CC1OC. The Morgan fingerprint density at radius 3 is 2.42 bits per heavy atom. The molecule has 0 aliphatic carbocycles. The third-order valence-corrected chi connectivity index (χ3v) is 3.81. The molecule has 1 fully saturated rings. The molecule has 0 saturated carbocycles. The van der Waals surface area contributed by atoms with Crippen LogP contribution in [0.3, 0.4) is 0 Å². The molecule has 102 valence electrons. The number of rotatable bonds is 4. The number of halogens is 1. The van der Waals surface area contributed by atoms with Gasteiger partial charge in [-0.1, -0.05) is 6.07 Å². The molecule has 1 aliphatic rings. The molecule has 2 rings (SSSR count). The van der Waals surface area contributed by atoms with E-state index in [0.29, 0.717) is 11.4 Å². The van der Waals surface area contributed by atoms with Crippen molar-refractivity contribution in [1.82, 2.24) is 0 Å². The molecule has 0 radical (unpaired) electrons. The van der Waals surface area contributed by atoms with Gasteiger partial charge in [-0.05, 0) is 17.7 Å². The number of nitrogens with zero attached hydrogens (tertiary/aromatic N) is 2. The summed E-state index contributed by atoms with van der Waals surface area (Å²) in [5.41, 5.74) is 2.51. The molecule has 1 aliphatic heterocycles. The van der Waals surface area contributed by atoms with Crippen LogP contribution in [0.25, 0.3) is 0 Å². The Labute approximate surface area is 118 Å².